The van der Waals surface area contributed by atoms with E-state index in [1.807, 2.05) is 0 Å². The summed E-state index contributed by atoms with van der Waals surface area (Å²) in [6.07, 6.45) is 1.64. The molecule has 0 fully saturated rings. The van der Waals surface area contributed by atoms with Gasteiger partial charge in [0, 0.05) is 11.2 Å². The lowest BCUT2D eigenvalue weighted by molar-refractivity contribution is 0.273. The molecule has 3 rings (SSSR count). The molecule has 0 saturated carbocycles. The molecule has 3 aromatic rings. The van der Waals surface area contributed by atoms with Gasteiger partial charge in [-0.3, -0.25) is 9.36 Å². The second kappa shape index (κ2) is 6.39. The lowest BCUT2D eigenvalue weighted by Crippen LogP contribution is -2.33. The molecule has 1 aromatic carbocycles. The van der Waals surface area contributed by atoms with Crippen LogP contribution in [-0.2, 0) is 6.54 Å². The third-order valence-electron chi connectivity index (χ3n) is 3.04. The van der Waals surface area contributed by atoms with Gasteiger partial charge in [-0.1, -0.05) is 22.9 Å². The molecule has 0 aliphatic rings. The summed E-state index contributed by atoms with van der Waals surface area (Å²) >= 11 is 7.17. The highest BCUT2D eigenvalue weighted by Gasteiger charge is 2.07. The normalized spacial score (nSPS) is 12.0. The Hall–Kier alpha value is -2.02. The topological polar surface area (TPSA) is 67.5 Å². The lowest BCUT2D eigenvalue weighted by Gasteiger charge is -2.05. The Morgan fingerprint density at radius 1 is 1.27 bits per heavy atom. The van der Waals surface area contributed by atoms with Crippen molar-refractivity contribution in [2.24, 2.45) is 4.99 Å². The van der Waals surface area contributed by atoms with Crippen LogP contribution in [0.15, 0.2) is 52.4 Å². The van der Waals surface area contributed by atoms with E-state index in [-0.39, 0.29) is 18.7 Å². The monoisotopic (exact) mass is 333 g/mol. The maximum atomic E-state index is 12.5. The quantitative estimate of drug-likeness (QED) is 0.800. The zero-order chi connectivity index (χ0) is 15.5. The minimum absolute atomic E-state index is 0.137. The van der Waals surface area contributed by atoms with Gasteiger partial charge in [-0.05, 0) is 36.4 Å². The number of halogens is 1. The van der Waals surface area contributed by atoms with Crippen molar-refractivity contribution < 1.29 is 5.11 Å². The van der Waals surface area contributed by atoms with Gasteiger partial charge in [0.1, 0.15) is 4.83 Å². The molecule has 1 N–H and O–H groups in total. The van der Waals surface area contributed by atoms with E-state index in [0.29, 0.717) is 25.7 Å². The summed E-state index contributed by atoms with van der Waals surface area (Å²) in [5, 5.41) is 10.4. The van der Waals surface area contributed by atoms with Crippen molar-refractivity contribution in [1.82, 2.24) is 9.55 Å². The molecule has 5 nitrogen and oxygen atoms in total. The maximum Gasteiger partial charge on any atom is 0.263 e. The zero-order valence-electron chi connectivity index (χ0n) is 11.4. The fraction of sp³-hybridized carbons (Fsp3) is 0.133. The lowest BCUT2D eigenvalue weighted by atomic mass is 10.3. The van der Waals surface area contributed by atoms with Gasteiger partial charge in [-0.25, -0.2) is 9.98 Å². The second-order valence-electron chi connectivity index (χ2n) is 4.51. The molecule has 0 aliphatic carbocycles. The first-order valence-electron chi connectivity index (χ1n) is 6.59. The van der Waals surface area contributed by atoms with Crippen LogP contribution in [0, 0.1) is 0 Å². The summed E-state index contributed by atoms with van der Waals surface area (Å²) < 4.78 is 1.46. The van der Waals surface area contributed by atoms with Crippen molar-refractivity contribution in [3.05, 3.63) is 62.8 Å². The van der Waals surface area contributed by atoms with E-state index in [4.69, 9.17) is 11.6 Å². The fourth-order valence-corrected chi connectivity index (χ4v) is 3.13. The molecule has 0 atom stereocenters. The Kier molecular flexibility index (Phi) is 4.33. The summed E-state index contributed by atoms with van der Waals surface area (Å²) in [5.41, 5.74) is 0.477. The van der Waals surface area contributed by atoms with E-state index >= 15 is 0 Å². The highest BCUT2D eigenvalue weighted by Crippen LogP contribution is 2.16. The van der Waals surface area contributed by atoms with Crippen molar-refractivity contribution >= 4 is 38.8 Å². The predicted octanol–water partition coefficient (Wildman–Crippen LogP) is 2.34. The van der Waals surface area contributed by atoms with Crippen molar-refractivity contribution in [2.75, 3.05) is 6.61 Å². The maximum absolute atomic E-state index is 12.5. The van der Waals surface area contributed by atoms with Gasteiger partial charge in [0.05, 0.1) is 24.2 Å². The summed E-state index contributed by atoms with van der Waals surface area (Å²) in [7, 11) is 0. The van der Waals surface area contributed by atoms with Crippen molar-refractivity contribution in [3.8, 4) is 0 Å². The molecule has 112 valence electrons. The summed E-state index contributed by atoms with van der Waals surface area (Å²) in [5.74, 6) is 0. The number of fused-ring (bicyclic) bond motifs is 1. The molecule has 7 heteroatoms. The molecule has 0 radical (unpaired) electrons. The summed E-state index contributed by atoms with van der Waals surface area (Å²) in [6, 6.07) is 10.4. The predicted molar refractivity (Wildman–Crippen MR) is 87.6 cm³/mol. The highest BCUT2D eigenvalue weighted by atomic mass is 35.5. The average molecular weight is 334 g/mol. The standard InChI is InChI=1S/C15H12ClN3O2S/c16-10-3-5-11(6-4-10)18-15-19(8-9-20)14(21)12-2-1-7-17-13(12)22-15/h1-7,20H,8-9H2/b18-15-. The van der Waals surface area contributed by atoms with Crippen molar-refractivity contribution in [2.45, 2.75) is 6.54 Å². The average Bonchev–Trinajstić information content (AvgIpc) is 2.53. The van der Waals surface area contributed by atoms with Crippen molar-refractivity contribution in [1.29, 1.82) is 0 Å². The molecular formula is C15H12ClN3O2S. The first-order chi connectivity index (χ1) is 10.7. The number of aromatic nitrogens is 2. The smallest absolute Gasteiger partial charge is 0.263 e. The van der Waals surface area contributed by atoms with Crippen LogP contribution in [-0.4, -0.2) is 21.3 Å². The number of hydrogen-bond acceptors (Lipinski definition) is 5. The molecule has 0 unspecified atom stereocenters. The fourth-order valence-electron chi connectivity index (χ4n) is 2.02. The Labute approximate surface area is 134 Å². The molecule has 0 amide bonds. The Bertz CT molecular complexity index is 932. The van der Waals surface area contributed by atoms with Gasteiger partial charge in [0.2, 0.25) is 0 Å². The van der Waals surface area contributed by atoms with Gasteiger partial charge in [0.25, 0.3) is 5.56 Å². The van der Waals surface area contributed by atoms with E-state index in [9.17, 15) is 9.90 Å². The van der Waals surface area contributed by atoms with Crippen LogP contribution in [0.25, 0.3) is 10.2 Å². The van der Waals surface area contributed by atoms with Gasteiger partial charge >= 0.3 is 0 Å². The van der Waals surface area contributed by atoms with Gasteiger partial charge in [-0.2, -0.15) is 0 Å². The molecule has 0 spiro atoms. The van der Waals surface area contributed by atoms with E-state index in [1.165, 1.54) is 15.9 Å². The minimum Gasteiger partial charge on any atom is -0.395 e. The number of aliphatic hydroxyl groups excluding tert-OH is 1. The molecule has 0 aliphatic heterocycles. The molecule has 0 saturated heterocycles. The van der Waals surface area contributed by atoms with Crippen LogP contribution in [0.1, 0.15) is 0 Å². The van der Waals surface area contributed by atoms with Gasteiger partial charge in [-0.15, -0.1) is 0 Å². The second-order valence-corrected chi connectivity index (χ2v) is 5.90. The molecule has 2 heterocycles. The highest BCUT2D eigenvalue weighted by molar-refractivity contribution is 7.15. The van der Waals surface area contributed by atoms with E-state index in [2.05, 4.69) is 9.98 Å². The first-order valence-corrected chi connectivity index (χ1v) is 7.78. The number of aliphatic hydroxyl groups is 1. The van der Waals surface area contributed by atoms with Crippen LogP contribution >= 0.6 is 22.9 Å². The molecule has 0 bridgehead atoms. The summed E-state index contributed by atoms with van der Waals surface area (Å²) in [4.78, 5) is 22.3. The van der Waals surface area contributed by atoms with Gasteiger partial charge in [0.15, 0.2) is 4.80 Å². The van der Waals surface area contributed by atoms with E-state index in [0.717, 1.165) is 0 Å². The Morgan fingerprint density at radius 2 is 2.05 bits per heavy atom. The number of pyridine rings is 1. The first kappa shape index (κ1) is 14.9. The Morgan fingerprint density at radius 3 is 2.77 bits per heavy atom. The number of nitrogens with zero attached hydrogens (tertiary/aromatic N) is 3. The van der Waals surface area contributed by atoms with Gasteiger partial charge < -0.3 is 5.11 Å². The largest absolute Gasteiger partial charge is 0.395 e. The van der Waals surface area contributed by atoms with E-state index in [1.54, 1.807) is 42.6 Å². The van der Waals surface area contributed by atoms with Crippen LogP contribution in [0.5, 0.6) is 0 Å². The zero-order valence-corrected chi connectivity index (χ0v) is 13.0. The molecule has 22 heavy (non-hydrogen) atoms. The SMILES string of the molecule is O=c1c2cccnc2s/c(=N\c2ccc(Cl)cc2)n1CCO. The summed E-state index contributed by atoms with van der Waals surface area (Å²) in [6.45, 7) is 0.0497. The van der Waals surface area contributed by atoms with Crippen LogP contribution in [0.3, 0.4) is 0 Å². The van der Waals surface area contributed by atoms with Crippen molar-refractivity contribution in [3.63, 3.8) is 0 Å². The minimum atomic E-state index is -0.205. The third kappa shape index (κ3) is 2.94. The Balaban J connectivity index is 2.29. The van der Waals surface area contributed by atoms with Crippen LogP contribution < -0.4 is 10.4 Å². The number of rotatable bonds is 3. The third-order valence-corrected chi connectivity index (χ3v) is 4.31. The van der Waals surface area contributed by atoms with E-state index < -0.39 is 0 Å². The number of hydrogen-bond donors (Lipinski definition) is 1. The van der Waals surface area contributed by atoms with Crippen LogP contribution in [0.2, 0.25) is 5.02 Å². The molecule has 2 aromatic heterocycles. The number of benzene rings is 1. The van der Waals surface area contributed by atoms with Crippen LogP contribution in [0.4, 0.5) is 5.69 Å². The molecular weight excluding hydrogens is 322 g/mol.